The van der Waals surface area contributed by atoms with E-state index in [2.05, 4.69) is 26.5 Å². The Morgan fingerprint density at radius 1 is 1.16 bits per heavy atom. The smallest absolute Gasteiger partial charge is 0.271 e. The number of carbonyl (C=O) groups is 2. The predicted molar refractivity (Wildman–Crippen MR) is 91.9 cm³/mol. The van der Waals surface area contributed by atoms with Gasteiger partial charge in [0.2, 0.25) is 5.55 Å². The van der Waals surface area contributed by atoms with Crippen LogP contribution in [0.25, 0.3) is 11.0 Å². The van der Waals surface area contributed by atoms with Crippen molar-refractivity contribution >= 4 is 38.7 Å². The normalized spacial score (nSPS) is 11.5. The van der Waals surface area contributed by atoms with Gasteiger partial charge < -0.3 is 10.2 Å². The third-order valence-corrected chi connectivity index (χ3v) is 3.81. The molecule has 0 spiro atoms. The summed E-state index contributed by atoms with van der Waals surface area (Å²) in [6.07, 6.45) is 0. The summed E-state index contributed by atoms with van der Waals surface area (Å²) >= 11 is 3.33. The standard InChI is InChI=1S/C17H11BrFN3O3/c18-11-4-5-14-10(6-11)8-13(15(20)23)17(25-14)22-21-16(24)9-2-1-3-12(19)7-9/h1-8H,(H2,20,23)(H,21,24). The molecule has 6 nitrogen and oxygen atoms in total. The van der Waals surface area contributed by atoms with Crippen LogP contribution in [0.15, 0.2) is 62.5 Å². The van der Waals surface area contributed by atoms with Gasteiger partial charge in [-0.25, -0.2) is 9.82 Å². The molecule has 3 N–H and O–H groups in total. The molecule has 0 aliphatic heterocycles. The van der Waals surface area contributed by atoms with Crippen molar-refractivity contribution in [2.24, 2.45) is 10.8 Å². The second-order valence-electron chi connectivity index (χ2n) is 5.07. The van der Waals surface area contributed by atoms with Crippen LogP contribution in [0.4, 0.5) is 4.39 Å². The van der Waals surface area contributed by atoms with Crippen molar-refractivity contribution in [3.8, 4) is 0 Å². The molecule has 0 saturated carbocycles. The maximum absolute atomic E-state index is 13.2. The van der Waals surface area contributed by atoms with Crippen molar-refractivity contribution in [1.29, 1.82) is 0 Å². The molecule has 3 rings (SSSR count). The minimum Gasteiger partial charge on any atom is -0.436 e. The van der Waals surface area contributed by atoms with Gasteiger partial charge in [-0.05, 0) is 42.5 Å². The van der Waals surface area contributed by atoms with Gasteiger partial charge in [0.25, 0.3) is 11.8 Å². The van der Waals surface area contributed by atoms with Crippen molar-refractivity contribution in [1.82, 2.24) is 5.43 Å². The molecule has 0 saturated heterocycles. The SMILES string of the molecule is NC(=O)c1cc2cc(Br)ccc2oc1=NNC(=O)c1cccc(F)c1. The Labute approximate surface area is 149 Å². The zero-order valence-corrected chi connectivity index (χ0v) is 14.2. The van der Waals surface area contributed by atoms with Crippen LogP contribution in [-0.2, 0) is 0 Å². The monoisotopic (exact) mass is 403 g/mol. The lowest BCUT2D eigenvalue weighted by atomic mass is 10.2. The average Bonchev–Trinajstić information content (AvgIpc) is 2.58. The second kappa shape index (κ2) is 6.86. The molecule has 0 aliphatic rings. The Morgan fingerprint density at radius 3 is 2.68 bits per heavy atom. The van der Waals surface area contributed by atoms with E-state index in [0.717, 1.165) is 10.5 Å². The number of carbonyl (C=O) groups excluding carboxylic acids is 2. The highest BCUT2D eigenvalue weighted by Crippen LogP contribution is 2.19. The molecule has 0 radical (unpaired) electrons. The number of hydrogen-bond donors (Lipinski definition) is 2. The Kier molecular flexibility index (Phi) is 4.62. The van der Waals surface area contributed by atoms with Crippen LogP contribution in [0, 0.1) is 5.82 Å². The lowest BCUT2D eigenvalue weighted by Crippen LogP contribution is -2.27. The molecular weight excluding hydrogens is 393 g/mol. The van der Waals surface area contributed by atoms with Gasteiger partial charge in [-0.3, -0.25) is 9.59 Å². The molecule has 126 valence electrons. The minimum atomic E-state index is -0.760. The number of amides is 2. The third-order valence-electron chi connectivity index (χ3n) is 3.32. The van der Waals surface area contributed by atoms with E-state index in [1.165, 1.54) is 24.3 Å². The van der Waals surface area contributed by atoms with E-state index in [1.807, 2.05) is 0 Å². The number of nitrogens with one attached hydrogen (secondary N) is 1. The Hall–Kier alpha value is -3.00. The molecule has 3 aromatic rings. The topological polar surface area (TPSA) is 97.7 Å². The highest BCUT2D eigenvalue weighted by molar-refractivity contribution is 9.10. The number of benzene rings is 2. The fourth-order valence-corrected chi connectivity index (χ4v) is 2.54. The number of fused-ring (bicyclic) bond motifs is 1. The molecule has 8 heteroatoms. The largest absolute Gasteiger partial charge is 0.436 e. The van der Waals surface area contributed by atoms with Gasteiger partial charge in [-0.2, -0.15) is 0 Å². The van der Waals surface area contributed by atoms with Crippen molar-refractivity contribution in [3.05, 3.63) is 75.5 Å². The maximum Gasteiger partial charge on any atom is 0.271 e. The van der Waals surface area contributed by atoms with Crippen LogP contribution in [0.1, 0.15) is 20.7 Å². The Balaban J connectivity index is 2.02. The molecule has 2 amide bonds. The van der Waals surface area contributed by atoms with Gasteiger partial charge in [0.15, 0.2) is 0 Å². The molecular formula is C17H11BrFN3O3. The van der Waals surface area contributed by atoms with Gasteiger partial charge in [0, 0.05) is 15.4 Å². The maximum atomic E-state index is 13.2. The molecule has 25 heavy (non-hydrogen) atoms. The second-order valence-corrected chi connectivity index (χ2v) is 5.99. The van der Waals surface area contributed by atoms with Crippen molar-refractivity contribution < 1.29 is 18.4 Å². The molecule has 0 fully saturated rings. The summed E-state index contributed by atoms with van der Waals surface area (Å²) < 4.78 is 19.5. The van der Waals surface area contributed by atoms with Gasteiger partial charge in [-0.1, -0.05) is 22.0 Å². The Bertz CT molecular complexity index is 1060. The predicted octanol–water partition coefficient (Wildman–Crippen LogP) is 2.68. The quantitative estimate of drug-likeness (QED) is 0.657. The van der Waals surface area contributed by atoms with Gasteiger partial charge >= 0.3 is 0 Å². The van der Waals surface area contributed by atoms with Gasteiger partial charge in [0.05, 0.1) is 0 Å². The zero-order chi connectivity index (χ0) is 18.0. The summed E-state index contributed by atoms with van der Waals surface area (Å²) in [5, 5.41) is 4.44. The number of nitrogens with zero attached hydrogens (tertiary/aromatic N) is 1. The van der Waals surface area contributed by atoms with E-state index >= 15 is 0 Å². The number of rotatable bonds is 3. The molecule has 2 aromatic carbocycles. The first-order chi connectivity index (χ1) is 11.9. The minimum absolute atomic E-state index is 0.00476. The van der Waals surface area contributed by atoms with Crippen molar-refractivity contribution in [2.45, 2.75) is 0 Å². The van der Waals surface area contributed by atoms with Crippen LogP contribution >= 0.6 is 15.9 Å². The van der Waals surface area contributed by atoms with Gasteiger partial charge in [0.1, 0.15) is 17.0 Å². The first-order valence-electron chi connectivity index (χ1n) is 7.07. The summed E-state index contributed by atoms with van der Waals surface area (Å²) in [6, 6.07) is 11.8. The Morgan fingerprint density at radius 2 is 1.96 bits per heavy atom. The van der Waals surface area contributed by atoms with E-state index in [9.17, 15) is 14.0 Å². The van der Waals surface area contributed by atoms with Crippen LogP contribution in [-0.4, -0.2) is 11.8 Å². The fraction of sp³-hybridized carbons (Fsp3) is 0. The fourth-order valence-electron chi connectivity index (χ4n) is 2.16. The van der Waals surface area contributed by atoms with Crippen LogP contribution < -0.4 is 16.7 Å². The number of halogens is 2. The molecule has 1 aromatic heterocycles. The number of primary amides is 1. The van der Waals surface area contributed by atoms with E-state index < -0.39 is 17.6 Å². The first-order valence-corrected chi connectivity index (χ1v) is 7.86. The summed E-state index contributed by atoms with van der Waals surface area (Å²) in [5.74, 6) is -1.96. The summed E-state index contributed by atoms with van der Waals surface area (Å²) in [5.41, 5.74) is 7.96. The number of hydrogen-bond acceptors (Lipinski definition) is 4. The molecule has 1 heterocycles. The third kappa shape index (κ3) is 3.74. The highest BCUT2D eigenvalue weighted by atomic mass is 79.9. The van der Waals surface area contributed by atoms with Crippen LogP contribution in [0.2, 0.25) is 0 Å². The first kappa shape index (κ1) is 16.8. The summed E-state index contributed by atoms with van der Waals surface area (Å²) in [4.78, 5) is 23.7. The van der Waals surface area contributed by atoms with E-state index in [0.29, 0.717) is 11.0 Å². The molecule has 0 bridgehead atoms. The lowest BCUT2D eigenvalue weighted by molar-refractivity contribution is 0.0945. The van der Waals surface area contributed by atoms with E-state index in [-0.39, 0.29) is 16.7 Å². The van der Waals surface area contributed by atoms with E-state index in [4.69, 9.17) is 10.2 Å². The summed E-state index contributed by atoms with van der Waals surface area (Å²) in [7, 11) is 0. The molecule has 0 aliphatic carbocycles. The van der Waals surface area contributed by atoms with Crippen LogP contribution in [0.3, 0.4) is 0 Å². The highest BCUT2D eigenvalue weighted by Gasteiger charge is 2.11. The molecule has 0 unspecified atom stereocenters. The number of nitrogens with two attached hydrogens (primary N) is 1. The van der Waals surface area contributed by atoms with E-state index in [1.54, 1.807) is 18.2 Å². The lowest BCUT2D eigenvalue weighted by Gasteiger charge is -2.03. The van der Waals surface area contributed by atoms with Crippen molar-refractivity contribution in [2.75, 3.05) is 0 Å². The van der Waals surface area contributed by atoms with Crippen molar-refractivity contribution in [3.63, 3.8) is 0 Å². The zero-order valence-electron chi connectivity index (χ0n) is 12.6. The molecule has 0 atom stereocenters. The average molecular weight is 404 g/mol. The summed E-state index contributed by atoms with van der Waals surface area (Å²) in [6.45, 7) is 0. The van der Waals surface area contributed by atoms with Crippen LogP contribution in [0.5, 0.6) is 0 Å². The van der Waals surface area contributed by atoms with Gasteiger partial charge in [-0.15, -0.1) is 5.10 Å².